The van der Waals surface area contributed by atoms with Crippen LogP contribution >= 0.6 is 11.6 Å². The zero-order valence-electron chi connectivity index (χ0n) is 18.2. The third kappa shape index (κ3) is 5.70. The Morgan fingerprint density at radius 1 is 1.13 bits per heavy atom. The number of nitrogens with zero attached hydrogens (tertiary/aromatic N) is 1. The van der Waals surface area contributed by atoms with Gasteiger partial charge in [0.2, 0.25) is 0 Å². The van der Waals surface area contributed by atoms with Crippen LogP contribution in [-0.2, 0) is 0 Å². The largest absolute Gasteiger partial charge is 0.493 e. The second-order valence-electron chi connectivity index (χ2n) is 8.05. The lowest BCUT2D eigenvalue weighted by molar-refractivity contribution is 0.0725. The van der Waals surface area contributed by atoms with Gasteiger partial charge in [0.15, 0.2) is 11.5 Å². The highest BCUT2D eigenvalue weighted by Gasteiger charge is 2.22. The lowest BCUT2D eigenvalue weighted by atomic mass is 10.1. The molecule has 0 radical (unpaired) electrons. The van der Waals surface area contributed by atoms with Crippen molar-refractivity contribution in [1.29, 1.82) is 0 Å². The van der Waals surface area contributed by atoms with E-state index in [1.54, 1.807) is 36.4 Å². The molecule has 0 saturated carbocycles. The van der Waals surface area contributed by atoms with Gasteiger partial charge in [0.05, 0.1) is 30.0 Å². The molecular formula is C24H29ClN2O4. The Morgan fingerprint density at radius 3 is 2.52 bits per heavy atom. The van der Waals surface area contributed by atoms with E-state index in [2.05, 4.69) is 5.32 Å². The standard InChI is InChI=1S/C24H29ClN2O4/c1-16(2)15-31-22-19(25)13-17(14-21(22)30-3)23(28)26-20-10-6-5-9-18(20)24(29)27-11-7-4-8-12-27/h5-6,9-10,13-14,16H,4,7-8,11-12,15H2,1-3H3,(H,26,28). The summed E-state index contributed by atoms with van der Waals surface area (Å²) in [6.07, 6.45) is 3.15. The second-order valence-corrected chi connectivity index (χ2v) is 8.45. The molecule has 0 atom stereocenters. The minimum atomic E-state index is -0.380. The number of hydrogen-bond donors (Lipinski definition) is 1. The molecule has 1 aliphatic rings. The van der Waals surface area contributed by atoms with Crippen molar-refractivity contribution in [1.82, 2.24) is 4.90 Å². The molecule has 0 aromatic heterocycles. The number of benzene rings is 2. The van der Waals surface area contributed by atoms with Gasteiger partial charge < -0.3 is 19.7 Å². The number of anilines is 1. The first-order chi connectivity index (χ1) is 14.9. The minimum absolute atomic E-state index is 0.0661. The number of ether oxygens (including phenoxy) is 2. The molecule has 2 amide bonds. The van der Waals surface area contributed by atoms with Crippen LogP contribution in [-0.4, -0.2) is 43.5 Å². The number of amides is 2. The van der Waals surface area contributed by atoms with Crippen molar-refractivity contribution in [2.24, 2.45) is 5.92 Å². The number of piperidine rings is 1. The van der Waals surface area contributed by atoms with Crippen LogP contribution in [0.25, 0.3) is 0 Å². The summed E-state index contributed by atoms with van der Waals surface area (Å²) in [5, 5.41) is 3.15. The Morgan fingerprint density at radius 2 is 1.84 bits per heavy atom. The van der Waals surface area contributed by atoms with Crippen molar-refractivity contribution in [2.75, 3.05) is 32.1 Å². The number of methoxy groups -OCH3 is 1. The predicted molar refractivity (Wildman–Crippen MR) is 122 cm³/mol. The Hall–Kier alpha value is -2.73. The Bertz CT molecular complexity index is 939. The lowest BCUT2D eigenvalue weighted by Gasteiger charge is -2.27. The number of para-hydroxylation sites is 1. The topological polar surface area (TPSA) is 67.9 Å². The third-order valence-electron chi connectivity index (χ3n) is 5.10. The van der Waals surface area contributed by atoms with Crippen LogP contribution in [0.15, 0.2) is 36.4 Å². The predicted octanol–water partition coefficient (Wildman–Crippen LogP) is 5.26. The molecule has 2 aromatic carbocycles. The van der Waals surface area contributed by atoms with E-state index in [4.69, 9.17) is 21.1 Å². The van der Waals surface area contributed by atoms with Crippen molar-refractivity contribution in [3.8, 4) is 11.5 Å². The second kappa shape index (κ2) is 10.5. The van der Waals surface area contributed by atoms with Crippen LogP contribution in [0.3, 0.4) is 0 Å². The van der Waals surface area contributed by atoms with Crippen molar-refractivity contribution in [3.05, 3.63) is 52.5 Å². The molecule has 0 aliphatic carbocycles. The van der Waals surface area contributed by atoms with E-state index < -0.39 is 0 Å². The van der Waals surface area contributed by atoms with Crippen LogP contribution in [0.4, 0.5) is 5.69 Å². The summed E-state index contributed by atoms with van der Waals surface area (Å²) in [5.41, 5.74) is 1.27. The molecule has 0 spiro atoms. The van der Waals surface area contributed by atoms with Crippen LogP contribution in [0.1, 0.15) is 53.8 Å². The quantitative estimate of drug-likeness (QED) is 0.632. The molecule has 1 saturated heterocycles. The molecule has 3 rings (SSSR count). The lowest BCUT2D eigenvalue weighted by Crippen LogP contribution is -2.36. The van der Waals surface area contributed by atoms with E-state index in [-0.39, 0.29) is 11.8 Å². The van der Waals surface area contributed by atoms with Crippen molar-refractivity contribution in [3.63, 3.8) is 0 Å². The fourth-order valence-corrected chi connectivity index (χ4v) is 3.75. The summed E-state index contributed by atoms with van der Waals surface area (Å²) in [7, 11) is 1.50. The van der Waals surface area contributed by atoms with Crippen molar-refractivity contribution < 1.29 is 19.1 Å². The molecule has 2 aromatic rings. The number of rotatable bonds is 7. The van der Waals surface area contributed by atoms with Gasteiger partial charge in [-0.3, -0.25) is 9.59 Å². The fraction of sp³-hybridized carbons (Fsp3) is 0.417. The van der Waals surface area contributed by atoms with Crippen LogP contribution in [0.5, 0.6) is 11.5 Å². The maximum atomic E-state index is 13.0. The molecule has 1 fully saturated rings. The highest BCUT2D eigenvalue weighted by Crippen LogP contribution is 2.37. The molecule has 166 valence electrons. The van der Waals surface area contributed by atoms with Gasteiger partial charge in [0.25, 0.3) is 11.8 Å². The first-order valence-corrected chi connectivity index (χ1v) is 11.0. The summed E-state index contributed by atoms with van der Waals surface area (Å²) in [5.74, 6) is 0.668. The van der Waals surface area contributed by atoms with Gasteiger partial charge in [-0.15, -0.1) is 0 Å². The first kappa shape index (κ1) is 22.9. The molecule has 1 N–H and O–H groups in total. The number of carbonyl (C=O) groups excluding carboxylic acids is 2. The number of halogens is 1. The molecule has 1 aliphatic heterocycles. The van der Waals surface area contributed by atoms with E-state index >= 15 is 0 Å². The highest BCUT2D eigenvalue weighted by molar-refractivity contribution is 6.32. The van der Waals surface area contributed by atoms with E-state index in [1.165, 1.54) is 7.11 Å². The zero-order valence-corrected chi connectivity index (χ0v) is 19.0. The SMILES string of the molecule is COc1cc(C(=O)Nc2ccccc2C(=O)N2CCCCC2)cc(Cl)c1OCC(C)C. The summed E-state index contributed by atoms with van der Waals surface area (Å²) in [6, 6.07) is 10.2. The monoisotopic (exact) mass is 444 g/mol. The summed E-state index contributed by atoms with van der Waals surface area (Å²) in [6.45, 7) is 6.03. The Labute approximate surface area is 188 Å². The van der Waals surface area contributed by atoms with Gasteiger partial charge in [-0.2, -0.15) is 0 Å². The number of nitrogens with one attached hydrogen (secondary N) is 1. The normalized spacial score (nSPS) is 13.8. The average Bonchev–Trinajstić information content (AvgIpc) is 2.78. The van der Waals surface area contributed by atoms with Gasteiger partial charge in [-0.05, 0) is 49.4 Å². The third-order valence-corrected chi connectivity index (χ3v) is 5.38. The molecule has 0 unspecified atom stereocenters. The molecule has 31 heavy (non-hydrogen) atoms. The van der Waals surface area contributed by atoms with Crippen LogP contribution in [0, 0.1) is 5.92 Å². The zero-order chi connectivity index (χ0) is 22.4. The van der Waals surface area contributed by atoms with Crippen molar-refractivity contribution >= 4 is 29.1 Å². The average molecular weight is 445 g/mol. The fourth-order valence-electron chi connectivity index (χ4n) is 3.48. The first-order valence-electron chi connectivity index (χ1n) is 10.6. The summed E-state index contributed by atoms with van der Waals surface area (Å²) >= 11 is 6.38. The van der Waals surface area contributed by atoms with Gasteiger partial charge in [0.1, 0.15) is 0 Å². The van der Waals surface area contributed by atoms with E-state index in [1.807, 2.05) is 18.7 Å². The Kier molecular flexibility index (Phi) is 7.80. The van der Waals surface area contributed by atoms with Crippen LogP contribution < -0.4 is 14.8 Å². The molecule has 6 nitrogen and oxygen atoms in total. The number of carbonyl (C=O) groups is 2. The maximum Gasteiger partial charge on any atom is 0.255 e. The maximum absolute atomic E-state index is 13.0. The molecule has 7 heteroatoms. The van der Waals surface area contributed by atoms with E-state index in [0.717, 1.165) is 32.4 Å². The summed E-state index contributed by atoms with van der Waals surface area (Å²) < 4.78 is 11.1. The van der Waals surface area contributed by atoms with Gasteiger partial charge in [0, 0.05) is 18.7 Å². The molecule has 0 bridgehead atoms. The van der Waals surface area contributed by atoms with Gasteiger partial charge >= 0.3 is 0 Å². The van der Waals surface area contributed by atoms with E-state index in [0.29, 0.717) is 45.9 Å². The summed E-state index contributed by atoms with van der Waals surface area (Å²) in [4.78, 5) is 27.8. The molecule has 1 heterocycles. The van der Waals surface area contributed by atoms with Crippen LogP contribution in [0.2, 0.25) is 5.02 Å². The molecular weight excluding hydrogens is 416 g/mol. The minimum Gasteiger partial charge on any atom is -0.493 e. The number of likely N-dealkylation sites (tertiary alicyclic amines) is 1. The smallest absolute Gasteiger partial charge is 0.255 e. The van der Waals surface area contributed by atoms with Gasteiger partial charge in [-0.1, -0.05) is 37.6 Å². The Balaban J connectivity index is 1.82. The number of hydrogen-bond acceptors (Lipinski definition) is 4. The van der Waals surface area contributed by atoms with Gasteiger partial charge in [-0.25, -0.2) is 0 Å². The highest BCUT2D eigenvalue weighted by atomic mass is 35.5. The van der Waals surface area contributed by atoms with E-state index in [9.17, 15) is 9.59 Å². The van der Waals surface area contributed by atoms with Crippen molar-refractivity contribution in [2.45, 2.75) is 33.1 Å².